The standard InChI is InChI=1S/C14H26N2O3/c1-4-12-10-16(11(2)17)7-5-13(12)9-14(18)15-6-8-19-3/h12-13H,4-10H2,1-3H3,(H,15,18)/t12-,13-/m0/s1. The van der Waals surface area contributed by atoms with Crippen LogP contribution in [0.1, 0.15) is 33.1 Å². The fraction of sp³-hybridized carbons (Fsp3) is 0.857. The maximum atomic E-state index is 11.8. The smallest absolute Gasteiger partial charge is 0.220 e. The van der Waals surface area contributed by atoms with E-state index in [1.165, 1.54) is 0 Å². The molecule has 1 heterocycles. The zero-order valence-corrected chi connectivity index (χ0v) is 12.3. The van der Waals surface area contributed by atoms with Gasteiger partial charge in [0.25, 0.3) is 0 Å². The first-order chi connectivity index (χ1) is 9.08. The summed E-state index contributed by atoms with van der Waals surface area (Å²) < 4.78 is 4.91. The lowest BCUT2D eigenvalue weighted by Gasteiger charge is -2.37. The Morgan fingerprint density at radius 3 is 2.68 bits per heavy atom. The molecule has 0 bridgehead atoms. The van der Waals surface area contributed by atoms with Gasteiger partial charge in [-0.3, -0.25) is 9.59 Å². The third kappa shape index (κ3) is 5.19. The molecule has 0 aromatic carbocycles. The topological polar surface area (TPSA) is 58.6 Å². The monoisotopic (exact) mass is 270 g/mol. The molecule has 1 aliphatic rings. The molecular weight excluding hydrogens is 244 g/mol. The van der Waals surface area contributed by atoms with Crippen LogP contribution in [0.5, 0.6) is 0 Å². The van der Waals surface area contributed by atoms with Crippen LogP contribution in [0.25, 0.3) is 0 Å². The molecule has 1 fully saturated rings. The number of carbonyl (C=O) groups excluding carboxylic acids is 2. The molecule has 0 saturated carbocycles. The summed E-state index contributed by atoms with van der Waals surface area (Å²) in [5.74, 6) is 1.06. The molecule has 0 spiro atoms. The lowest BCUT2D eigenvalue weighted by atomic mass is 9.81. The van der Waals surface area contributed by atoms with E-state index in [0.29, 0.717) is 31.4 Å². The van der Waals surface area contributed by atoms with E-state index in [1.807, 2.05) is 4.90 Å². The fourth-order valence-corrected chi connectivity index (χ4v) is 2.70. The van der Waals surface area contributed by atoms with Crippen LogP contribution in [-0.4, -0.2) is 50.1 Å². The van der Waals surface area contributed by atoms with Crippen molar-refractivity contribution in [1.29, 1.82) is 0 Å². The Bertz CT molecular complexity index is 307. The van der Waals surface area contributed by atoms with Crippen LogP contribution in [0.15, 0.2) is 0 Å². The van der Waals surface area contributed by atoms with E-state index >= 15 is 0 Å². The van der Waals surface area contributed by atoms with Gasteiger partial charge in [0, 0.05) is 40.1 Å². The second kappa shape index (κ2) is 8.15. The van der Waals surface area contributed by atoms with Crippen LogP contribution in [0.4, 0.5) is 0 Å². The molecule has 5 nitrogen and oxygen atoms in total. The lowest BCUT2D eigenvalue weighted by Crippen LogP contribution is -2.44. The molecule has 2 amide bonds. The maximum Gasteiger partial charge on any atom is 0.220 e. The Hall–Kier alpha value is -1.10. The Labute approximate surface area is 115 Å². The first-order valence-electron chi connectivity index (χ1n) is 7.09. The molecule has 1 N–H and O–H groups in total. The SMILES string of the molecule is CC[C@H]1CN(C(C)=O)CC[C@H]1CC(=O)NCCOC. The minimum atomic E-state index is 0.0942. The van der Waals surface area contributed by atoms with Gasteiger partial charge in [-0.2, -0.15) is 0 Å². The van der Waals surface area contributed by atoms with Crippen molar-refractivity contribution in [2.45, 2.75) is 33.1 Å². The molecule has 5 heteroatoms. The minimum Gasteiger partial charge on any atom is -0.383 e. The Kier molecular flexibility index (Phi) is 6.84. The zero-order chi connectivity index (χ0) is 14.3. The first kappa shape index (κ1) is 16.0. The van der Waals surface area contributed by atoms with E-state index in [1.54, 1.807) is 14.0 Å². The van der Waals surface area contributed by atoms with Gasteiger partial charge in [0.15, 0.2) is 0 Å². The van der Waals surface area contributed by atoms with Gasteiger partial charge < -0.3 is 15.0 Å². The molecule has 0 aromatic rings. The first-order valence-corrected chi connectivity index (χ1v) is 7.09. The Balaban J connectivity index is 2.40. The average molecular weight is 270 g/mol. The van der Waals surface area contributed by atoms with Crippen molar-refractivity contribution in [2.75, 3.05) is 33.4 Å². The molecule has 1 rings (SSSR count). The van der Waals surface area contributed by atoms with Gasteiger partial charge in [-0.05, 0) is 18.3 Å². The van der Waals surface area contributed by atoms with Crippen LogP contribution in [0.2, 0.25) is 0 Å². The third-order valence-electron chi connectivity index (χ3n) is 3.94. The predicted octanol–water partition coefficient (Wildman–Crippen LogP) is 1.03. The van der Waals surface area contributed by atoms with E-state index in [4.69, 9.17) is 4.74 Å². The normalized spacial score (nSPS) is 23.2. The van der Waals surface area contributed by atoms with Crippen molar-refractivity contribution in [3.05, 3.63) is 0 Å². The summed E-state index contributed by atoms with van der Waals surface area (Å²) in [6, 6.07) is 0. The number of hydrogen-bond acceptors (Lipinski definition) is 3. The van der Waals surface area contributed by atoms with Crippen molar-refractivity contribution >= 4 is 11.8 Å². The van der Waals surface area contributed by atoms with E-state index in [2.05, 4.69) is 12.2 Å². The molecule has 0 unspecified atom stereocenters. The molecule has 110 valence electrons. The highest BCUT2D eigenvalue weighted by atomic mass is 16.5. The molecule has 1 aliphatic heterocycles. The number of hydrogen-bond donors (Lipinski definition) is 1. The molecule has 0 radical (unpaired) electrons. The van der Waals surface area contributed by atoms with Crippen molar-refractivity contribution in [2.24, 2.45) is 11.8 Å². The number of likely N-dealkylation sites (tertiary alicyclic amines) is 1. The minimum absolute atomic E-state index is 0.0942. The van der Waals surface area contributed by atoms with E-state index in [-0.39, 0.29) is 11.8 Å². The Morgan fingerprint density at radius 1 is 1.37 bits per heavy atom. The number of methoxy groups -OCH3 is 1. The third-order valence-corrected chi connectivity index (χ3v) is 3.94. The summed E-state index contributed by atoms with van der Waals surface area (Å²) in [6.07, 6.45) is 2.50. The second-order valence-electron chi connectivity index (χ2n) is 5.23. The molecule has 19 heavy (non-hydrogen) atoms. The Morgan fingerprint density at radius 2 is 2.11 bits per heavy atom. The molecule has 0 aliphatic carbocycles. The highest BCUT2D eigenvalue weighted by Gasteiger charge is 2.30. The van der Waals surface area contributed by atoms with E-state index in [0.717, 1.165) is 25.9 Å². The van der Waals surface area contributed by atoms with E-state index in [9.17, 15) is 9.59 Å². The number of carbonyl (C=O) groups is 2. The molecule has 1 saturated heterocycles. The van der Waals surface area contributed by atoms with Crippen molar-refractivity contribution in [1.82, 2.24) is 10.2 Å². The highest BCUT2D eigenvalue weighted by molar-refractivity contribution is 5.76. The van der Waals surface area contributed by atoms with Crippen LogP contribution in [0, 0.1) is 11.8 Å². The number of rotatable bonds is 6. The number of piperidine rings is 1. The largest absolute Gasteiger partial charge is 0.383 e. The van der Waals surface area contributed by atoms with Gasteiger partial charge in [-0.1, -0.05) is 13.3 Å². The summed E-state index contributed by atoms with van der Waals surface area (Å²) >= 11 is 0. The number of nitrogens with one attached hydrogen (secondary N) is 1. The van der Waals surface area contributed by atoms with Gasteiger partial charge in [-0.25, -0.2) is 0 Å². The van der Waals surface area contributed by atoms with Crippen molar-refractivity contribution in [3.8, 4) is 0 Å². The summed E-state index contributed by atoms with van der Waals surface area (Å²) in [5, 5.41) is 2.87. The maximum absolute atomic E-state index is 11.8. The highest BCUT2D eigenvalue weighted by Crippen LogP contribution is 2.28. The summed E-state index contributed by atoms with van der Waals surface area (Å²) in [4.78, 5) is 25.1. The summed E-state index contributed by atoms with van der Waals surface area (Å²) in [7, 11) is 1.62. The van der Waals surface area contributed by atoms with Crippen LogP contribution in [-0.2, 0) is 14.3 Å². The number of nitrogens with zero attached hydrogens (tertiary/aromatic N) is 1. The van der Waals surface area contributed by atoms with Crippen molar-refractivity contribution in [3.63, 3.8) is 0 Å². The fourth-order valence-electron chi connectivity index (χ4n) is 2.70. The average Bonchev–Trinajstić information content (AvgIpc) is 2.39. The van der Waals surface area contributed by atoms with Crippen LogP contribution >= 0.6 is 0 Å². The molecular formula is C14H26N2O3. The number of ether oxygens (including phenoxy) is 1. The second-order valence-corrected chi connectivity index (χ2v) is 5.23. The summed E-state index contributed by atoms with van der Waals surface area (Å²) in [6.45, 7) is 6.43. The van der Waals surface area contributed by atoms with Crippen molar-refractivity contribution < 1.29 is 14.3 Å². The van der Waals surface area contributed by atoms with Gasteiger partial charge >= 0.3 is 0 Å². The van der Waals surface area contributed by atoms with Gasteiger partial charge in [0.1, 0.15) is 0 Å². The molecule has 0 aromatic heterocycles. The quantitative estimate of drug-likeness (QED) is 0.734. The van der Waals surface area contributed by atoms with Gasteiger partial charge in [-0.15, -0.1) is 0 Å². The van der Waals surface area contributed by atoms with Crippen LogP contribution in [0.3, 0.4) is 0 Å². The van der Waals surface area contributed by atoms with Gasteiger partial charge in [0.2, 0.25) is 11.8 Å². The molecule has 2 atom stereocenters. The number of amides is 2. The lowest BCUT2D eigenvalue weighted by molar-refractivity contribution is -0.132. The predicted molar refractivity (Wildman–Crippen MR) is 73.6 cm³/mol. The van der Waals surface area contributed by atoms with Gasteiger partial charge in [0.05, 0.1) is 6.61 Å². The van der Waals surface area contributed by atoms with E-state index < -0.39 is 0 Å². The van der Waals surface area contributed by atoms with Crippen LogP contribution < -0.4 is 5.32 Å². The summed E-state index contributed by atoms with van der Waals surface area (Å²) in [5.41, 5.74) is 0. The zero-order valence-electron chi connectivity index (χ0n) is 12.3.